The Hall–Kier alpha value is -3.33. The van der Waals surface area contributed by atoms with Gasteiger partial charge in [0.2, 0.25) is 5.75 Å². The van der Waals surface area contributed by atoms with Crippen molar-refractivity contribution in [2.75, 3.05) is 25.1 Å². The van der Waals surface area contributed by atoms with Crippen molar-refractivity contribution in [3.8, 4) is 22.9 Å². The topological polar surface area (TPSA) is 91.7 Å². The Kier molecular flexibility index (Phi) is 7.45. The number of ether oxygens (including phenoxy) is 3. The smallest absolute Gasteiger partial charge is 0.257 e. The number of hydrogen-bond donors (Lipinski definition) is 1. The Bertz CT molecular complexity index is 1260. The minimum atomic E-state index is -1.03. The molecule has 2 aromatic carbocycles. The second-order valence-electron chi connectivity index (χ2n) is 8.19. The molecule has 0 saturated heterocycles. The maximum absolute atomic E-state index is 13.5. The van der Waals surface area contributed by atoms with E-state index >= 15 is 0 Å². The van der Waals surface area contributed by atoms with Gasteiger partial charge in [-0.1, -0.05) is 12.1 Å². The molecule has 3 aromatic rings. The van der Waals surface area contributed by atoms with Gasteiger partial charge in [0, 0.05) is 21.9 Å². The van der Waals surface area contributed by atoms with Crippen molar-refractivity contribution >= 4 is 22.5 Å². The third kappa shape index (κ3) is 4.91. The Morgan fingerprint density at radius 3 is 2.31 bits per heavy atom. The van der Waals surface area contributed by atoms with Gasteiger partial charge < -0.3 is 19.5 Å². The van der Waals surface area contributed by atoms with Gasteiger partial charge in [-0.3, -0.25) is 9.00 Å². The fourth-order valence-corrected chi connectivity index (χ4v) is 5.36. The largest absolute Gasteiger partial charge is 0.490 e. The van der Waals surface area contributed by atoms with E-state index < -0.39 is 10.8 Å². The van der Waals surface area contributed by atoms with Crippen LogP contribution in [0.3, 0.4) is 0 Å². The normalized spacial score (nSPS) is 14.5. The molecule has 1 aliphatic heterocycles. The van der Waals surface area contributed by atoms with Crippen molar-refractivity contribution in [3.05, 3.63) is 58.3 Å². The van der Waals surface area contributed by atoms with Crippen LogP contribution in [0.15, 0.2) is 30.3 Å². The van der Waals surface area contributed by atoms with E-state index in [1.54, 1.807) is 16.8 Å². The van der Waals surface area contributed by atoms with E-state index in [4.69, 9.17) is 19.3 Å². The number of carbonyl (C=O) groups excluding carboxylic acids is 1. The van der Waals surface area contributed by atoms with Crippen molar-refractivity contribution in [3.63, 3.8) is 0 Å². The van der Waals surface area contributed by atoms with Crippen molar-refractivity contribution in [2.45, 2.75) is 46.1 Å². The second kappa shape index (κ2) is 10.5. The van der Waals surface area contributed by atoms with Gasteiger partial charge in [0.1, 0.15) is 5.82 Å². The molecule has 0 saturated carbocycles. The van der Waals surface area contributed by atoms with Crippen molar-refractivity contribution in [1.29, 1.82) is 0 Å². The summed E-state index contributed by atoms with van der Waals surface area (Å²) in [6, 6.07) is 9.28. The van der Waals surface area contributed by atoms with Crippen LogP contribution < -0.4 is 19.5 Å². The fourth-order valence-electron chi connectivity index (χ4n) is 4.09. The molecule has 0 radical (unpaired) electrons. The van der Waals surface area contributed by atoms with E-state index in [1.807, 2.05) is 52.8 Å². The average molecular weight is 498 g/mol. The number of rotatable bonds is 9. The first-order valence-electron chi connectivity index (χ1n) is 11.8. The first kappa shape index (κ1) is 24.8. The molecule has 9 heteroatoms. The van der Waals surface area contributed by atoms with E-state index in [1.165, 1.54) is 0 Å². The van der Waals surface area contributed by atoms with E-state index in [2.05, 4.69) is 5.32 Å². The zero-order chi connectivity index (χ0) is 25.1. The first-order valence-corrected chi connectivity index (χ1v) is 13.3. The number of aromatic nitrogens is 2. The molecular formula is C26H31N3O5S. The summed E-state index contributed by atoms with van der Waals surface area (Å²) in [5.41, 5.74) is 4.96. The van der Waals surface area contributed by atoms with E-state index in [9.17, 15) is 9.00 Å². The number of carbonyl (C=O) groups is 1. The standard InChI is InChI=1S/C26H31N3O5S/c1-6-32-22-12-18(13-23(33-7-2)24(22)34-8-3)26(30)27-25-19-14-35(31)15-20(19)28-29(25)21-11-9-10-16(4)17(21)5/h9-13H,6-8,14-15H2,1-5H3,(H,27,30). The van der Waals surface area contributed by atoms with Gasteiger partial charge in [-0.05, 0) is 63.9 Å². The van der Waals surface area contributed by atoms with Crippen LogP contribution in [0, 0.1) is 13.8 Å². The van der Waals surface area contributed by atoms with Crippen LogP contribution in [-0.4, -0.2) is 39.7 Å². The molecule has 1 N–H and O–H groups in total. The minimum Gasteiger partial charge on any atom is -0.490 e. The number of benzene rings is 2. The van der Waals surface area contributed by atoms with Crippen molar-refractivity contribution in [1.82, 2.24) is 9.78 Å². The summed E-state index contributed by atoms with van der Waals surface area (Å²) in [5.74, 6) is 2.29. The van der Waals surface area contributed by atoms with Crippen LogP contribution in [0.4, 0.5) is 5.82 Å². The van der Waals surface area contributed by atoms with Gasteiger partial charge >= 0.3 is 0 Å². The highest BCUT2D eigenvalue weighted by atomic mass is 32.2. The minimum absolute atomic E-state index is 0.345. The summed E-state index contributed by atoms with van der Waals surface area (Å²) < 4.78 is 31.3. The molecule has 1 amide bonds. The fraction of sp³-hybridized carbons (Fsp3) is 0.385. The second-order valence-corrected chi connectivity index (χ2v) is 9.65. The SMILES string of the molecule is CCOc1cc(C(=O)Nc2c3c(nn2-c2cccc(C)c2C)CS(=O)C3)cc(OCC)c1OCC. The van der Waals surface area contributed by atoms with Crippen molar-refractivity contribution in [2.24, 2.45) is 0 Å². The summed E-state index contributed by atoms with van der Waals surface area (Å²) in [5, 5.41) is 7.77. The maximum Gasteiger partial charge on any atom is 0.257 e. The third-order valence-electron chi connectivity index (χ3n) is 5.88. The Morgan fingerprint density at radius 2 is 1.69 bits per heavy atom. The number of nitrogens with zero attached hydrogens (tertiary/aromatic N) is 2. The lowest BCUT2D eigenvalue weighted by Gasteiger charge is -2.18. The highest BCUT2D eigenvalue weighted by molar-refractivity contribution is 7.83. The van der Waals surface area contributed by atoms with Gasteiger partial charge in [-0.25, -0.2) is 4.68 Å². The van der Waals surface area contributed by atoms with E-state index in [-0.39, 0.29) is 5.91 Å². The zero-order valence-corrected chi connectivity index (χ0v) is 21.6. The number of hydrogen-bond acceptors (Lipinski definition) is 6. The molecule has 0 fully saturated rings. The molecule has 0 bridgehead atoms. The van der Waals surface area contributed by atoms with Crippen LogP contribution >= 0.6 is 0 Å². The maximum atomic E-state index is 13.5. The average Bonchev–Trinajstić information content (AvgIpc) is 3.34. The molecule has 0 aliphatic carbocycles. The number of anilines is 1. The molecule has 186 valence electrons. The van der Waals surface area contributed by atoms with Crippen LogP contribution in [0.5, 0.6) is 17.2 Å². The predicted octanol–water partition coefficient (Wildman–Crippen LogP) is 4.70. The molecule has 1 atom stereocenters. The van der Waals surface area contributed by atoms with Crippen LogP contribution in [-0.2, 0) is 22.3 Å². The zero-order valence-electron chi connectivity index (χ0n) is 20.8. The number of fused-ring (bicyclic) bond motifs is 1. The Labute approximate surface area is 208 Å². The summed E-state index contributed by atoms with van der Waals surface area (Å²) in [7, 11) is -1.03. The van der Waals surface area contributed by atoms with E-state index in [0.29, 0.717) is 60.0 Å². The quantitative estimate of drug-likeness (QED) is 0.461. The van der Waals surface area contributed by atoms with Gasteiger partial charge in [-0.15, -0.1) is 0 Å². The predicted molar refractivity (Wildman–Crippen MR) is 136 cm³/mol. The monoisotopic (exact) mass is 497 g/mol. The molecule has 0 spiro atoms. The van der Waals surface area contributed by atoms with E-state index in [0.717, 1.165) is 28.1 Å². The lowest BCUT2D eigenvalue weighted by Crippen LogP contribution is -2.17. The van der Waals surface area contributed by atoms with Gasteiger partial charge in [-0.2, -0.15) is 5.10 Å². The highest BCUT2D eigenvalue weighted by Gasteiger charge is 2.29. The van der Waals surface area contributed by atoms with Crippen LogP contribution in [0.2, 0.25) is 0 Å². The van der Waals surface area contributed by atoms with Gasteiger partial charge in [0.05, 0.1) is 42.7 Å². The summed E-state index contributed by atoms with van der Waals surface area (Å²) in [6.45, 7) is 10.9. The number of amides is 1. The third-order valence-corrected chi connectivity index (χ3v) is 7.08. The number of aryl methyl sites for hydroxylation is 1. The van der Waals surface area contributed by atoms with Crippen LogP contribution in [0.1, 0.15) is 53.5 Å². The highest BCUT2D eigenvalue weighted by Crippen LogP contribution is 2.40. The van der Waals surface area contributed by atoms with Gasteiger partial charge in [0.15, 0.2) is 11.5 Å². The molecule has 1 unspecified atom stereocenters. The molecular weight excluding hydrogens is 466 g/mol. The summed E-state index contributed by atoms with van der Waals surface area (Å²) in [4.78, 5) is 13.5. The summed E-state index contributed by atoms with van der Waals surface area (Å²) >= 11 is 0. The molecule has 1 aromatic heterocycles. The first-order chi connectivity index (χ1) is 16.9. The lowest BCUT2D eigenvalue weighted by molar-refractivity contribution is 0.102. The number of nitrogens with one attached hydrogen (secondary N) is 1. The molecule has 4 rings (SSSR count). The molecule has 2 heterocycles. The lowest BCUT2D eigenvalue weighted by atomic mass is 10.1. The molecule has 35 heavy (non-hydrogen) atoms. The summed E-state index contributed by atoms with van der Waals surface area (Å²) in [6.07, 6.45) is 0. The Morgan fingerprint density at radius 1 is 1.03 bits per heavy atom. The van der Waals surface area contributed by atoms with Crippen LogP contribution in [0.25, 0.3) is 5.69 Å². The van der Waals surface area contributed by atoms with Gasteiger partial charge in [0.25, 0.3) is 5.91 Å². The van der Waals surface area contributed by atoms with Crippen molar-refractivity contribution < 1.29 is 23.2 Å². The Balaban J connectivity index is 1.78. The molecule has 1 aliphatic rings. The molecule has 8 nitrogen and oxygen atoms in total.